The Kier molecular flexibility index (Phi) is 3.39. The van der Waals surface area contributed by atoms with Crippen LogP contribution in [0.3, 0.4) is 0 Å². The van der Waals surface area contributed by atoms with Crippen LogP contribution in [0.2, 0.25) is 0 Å². The zero-order valence-electron chi connectivity index (χ0n) is 13.3. The van der Waals surface area contributed by atoms with Gasteiger partial charge in [-0.3, -0.25) is 0 Å². The number of nitrogens with zero attached hydrogens (tertiary/aromatic N) is 5. The van der Waals surface area contributed by atoms with Gasteiger partial charge in [-0.05, 0) is 37.5 Å². The highest BCUT2D eigenvalue weighted by Crippen LogP contribution is 2.29. The SMILES string of the molecule is CC1Cc2ncn(Cc3noc(N4CCCC4)n3)c2CC1C. The molecule has 1 aliphatic carbocycles. The Morgan fingerprint density at radius 2 is 1.95 bits per heavy atom. The Morgan fingerprint density at radius 1 is 1.18 bits per heavy atom. The fraction of sp³-hybridized carbons (Fsp3) is 0.688. The summed E-state index contributed by atoms with van der Waals surface area (Å²) in [5.41, 5.74) is 2.59. The molecule has 2 aliphatic rings. The molecule has 0 saturated carbocycles. The van der Waals surface area contributed by atoms with Gasteiger partial charge in [0.15, 0.2) is 5.82 Å². The van der Waals surface area contributed by atoms with Gasteiger partial charge in [0.05, 0.1) is 18.6 Å². The molecule has 2 aromatic rings. The first-order valence-corrected chi connectivity index (χ1v) is 8.31. The van der Waals surface area contributed by atoms with Crippen molar-refractivity contribution in [3.63, 3.8) is 0 Å². The van der Waals surface area contributed by atoms with Gasteiger partial charge < -0.3 is 14.0 Å². The molecule has 0 bridgehead atoms. The maximum Gasteiger partial charge on any atom is 0.324 e. The van der Waals surface area contributed by atoms with E-state index in [1.165, 1.54) is 24.2 Å². The summed E-state index contributed by atoms with van der Waals surface area (Å²) in [5, 5.41) is 4.14. The van der Waals surface area contributed by atoms with E-state index in [-0.39, 0.29) is 0 Å². The van der Waals surface area contributed by atoms with Gasteiger partial charge in [-0.2, -0.15) is 4.98 Å². The maximum absolute atomic E-state index is 5.41. The standard InChI is InChI=1S/C16H23N5O/c1-11-7-13-14(8-12(11)2)21(10-17-13)9-15-18-16(22-19-15)20-5-3-4-6-20/h10-12H,3-9H2,1-2H3. The van der Waals surface area contributed by atoms with E-state index in [9.17, 15) is 0 Å². The van der Waals surface area contributed by atoms with E-state index < -0.39 is 0 Å². The lowest BCUT2D eigenvalue weighted by Gasteiger charge is -2.25. The molecule has 4 rings (SSSR count). The van der Waals surface area contributed by atoms with Crippen molar-refractivity contribution in [1.82, 2.24) is 19.7 Å². The number of imidazole rings is 1. The molecule has 22 heavy (non-hydrogen) atoms. The first-order chi connectivity index (χ1) is 10.7. The Balaban J connectivity index is 1.52. The Labute approximate surface area is 130 Å². The molecule has 0 spiro atoms. The van der Waals surface area contributed by atoms with Crippen LogP contribution in [-0.2, 0) is 19.4 Å². The highest BCUT2D eigenvalue weighted by molar-refractivity contribution is 5.26. The average Bonchev–Trinajstić information content (AvgIpc) is 3.22. The van der Waals surface area contributed by atoms with Gasteiger partial charge in [0.25, 0.3) is 0 Å². The Hall–Kier alpha value is -1.85. The average molecular weight is 301 g/mol. The van der Waals surface area contributed by atoms with Crippen molar-refractivity contribution in [2.45, 2.75) is 46.1 Å². The first-order valence-electron chi connectivity index (χ1n) is 8.31. The number of hydrogen-bond donors (Lipinski definition) is 0. The maximum atomic E-state index is 5.41. The third-order valence-electron chi connectivity index (χ3n) is 5.18. The molecule has 0 N–H and O–H groups in total. The number of anilines is 1. The zero-order chi connectivity index (χ0) is 15.1. The molecule has 1 fully saturated rings. The summed E-state index contributed by atoms with van der Waals surface area (Å²) in [6.45, 7) is 7.34. The summed E-state index contributed by atoms with van der Waals surface area (Å²) in [6, 6.07) is 0.670. The predicted octanol–water partition coefficient (Wildman–Crippen LogP) is 2.29. The summed E-state index contributed by atoms with van der Waals surface area (Å²) in [6.07, 6.45) is 6.52. The van der Waals surface area contributed by atoms with Crippen LogP contribution in [0.15, 0.2) is 10.9 Å². The molecule has 6 nitrogen and oxygen atoms in total. The smallest absolute Gasteiger partial charge is 0.324 e. The van der Waals surface area contributed by atoms with Crippen molar-refractivity contribution in [3.05, 3.63) is 23.5 Å². The Bertz CT molecular complexity index is 655. The van der Waals surface area contributed by atoms with Crippen LogP contribution in [0, 0.1) is 11.8 Å². The minimum absolute atomic E-state index is 0.654. The van der Waals surface area contributed by atoms with Gasteiger partial charge in [0.1, 0.15) is 0 Å². The number of rotatable bonds is 3. The molecule has 0 aromatic carbocycles. The van der Waals surface area contributed by atoms with Gasteiger partial charge in [-0.15, -0.1) is 0 Å². The second-order valence-electron chi connectivity index (χ2n) is 6.82. The summed E-state index contributed by atoms with van der Waals surface area (Å²) >= 11 is 0. The molecule has 6 heteroatoms. The molecule has 0 amide bonds. The fourth-order valence-corrected chi connectivity index (χ4v) is 3.50. The van der Waals surface area contributed by atoms with E-state index in [4.69, 9.17) is 4.52 Å². The van der Waals surface area contributed by atoms with E-state index in [0.29, 0.717) is 24.4 Å². The molecule has 2 aromatic heterocycles. The highest BCUT2D eigenvalue weighted by atomic mass is 16.5. The van der Waals surface area contributed by atoms with Crippen LogP contribution in [0.4, 0.5) is 6.01 Å². The van der Waals surface area contributed by atoms with Crippen molar-refractivity contribution in [1.29, 1.82) is 0 Å². The zero-order valence-corrected chi connectivity index (χ0v) is 13.3. The quantitative estimate of drug-likeness (QED) is 0.870. The molecular weight excluding hydrogens is 278 g/mol. The molecule has 1 saturated heterocycles. The summed E-state index contributed by atoms with van der Waals surface area (Å²) in [5.74, 6) is 2.16. The summed E-state index contributed by atoms with van der Waals surface area (Å²) < 4.78 is 7.60. The normalized spacial score (nSPS) is 24.7. The van der Waals surface area contributed by atoms with Gasteiger partial charge >= 0.3 is 6.01 Å². The van der Waals surface area contributed by atoms with E-state index in [2.05, 4.69) is 38.4 Å². The summed E-state index contributed by atoms with van der Waals surface area (Å²) in [7, 11) is 0. The third kappa shape index (κ3) is 2.40. The molecular formula is C16H23N5O. The molecule has 1 aliphatic heterocycles. The first kappa shape index (κ1) is 13.8. The van der Waals surface area contributed by atoms with E-state index in [1.54, 1.807) is 0 Å². The molecule has 3 heterocycles. The van der Waals surface area contributed by atoms with Crippen LogP contribution in [0.1, 0.15) is 43.9 Å². The topological polar surface area (TPSA) is 60.0 Å². The minimum atomic E-state index is 0.654. The minimum Gasteiger partial charge on any atom is -0.327 e. The molecule has 118 valence electrons. The van der Waals surface area contributed by atoms with Crippen LogP contribution in [0.25, 0.3) is 0 Å². The largest absolute Gasteiger partial charge is 0.327 e. The number of aromatic nitrogens is 4. The third-order valence-corrected chi connectivity index (χ3v) is 5.18. The fourth-order valence-electron chi connectivity index (χ4n) is 3.50. The lowest BCUT2D eigenvalue weighted by Crippen LogP contribution is -2.22. The van der Waals surface area contributed by atoms with Crippen LogP contribution >= 0.6 is 0 Å². The lowest BCUT2D eigenvalue weighted by atomic mass is 9.82. The van der Waals surface area contributed by atoms with E-state index in [0.717, 1.165) is 31.8 Å². The van der Waals surface area contributed by atoms with Crippen molar-refractivity contribution < 1.29 is 4.52 Å². The van der Waals surface area contributed by atoms with Crippen molar-refractivity contribution >= 4 is 6.01 Å². The Morgan fingerprint density at radius 3 is 2.77 bits per heavy atom. The van der Waals surface area contributed by atoms with Gasteiger partial charge in [0, 0.05) is 18.8 Å². The van der Waals surface area contributed by atoms with Gasteiger partial charge in [0.2, 0.25) is 0 Å². The van der Waals surface area contributed by atoms with Gasteiger partial charge in [-0.25, -0.2) is 4.98 Å². The molecule has 0 radical (unpaired) electrons. The van der Waals surface area contributed by atoms with Gasteiger partial charge in [-0.1, -0.05) is 19.0 Å². The second-order valence-corrected chi connectivity index (χ2v) is 6.82. The predicted molar refractivity (Wildman–Crippen MR) is 82.8 cm³/mol. The van der Waals surface area contributed by atoms with E-state index in [1.807, 2.05) is 6.33 Å². The van der Waals surface area contributed by atoms with Crippen molar-refractivity contribution in [2.75, 3.05) is 18.0 Å². The number of hydrogen-bond acceptors (Lipinski definition) is 5. The monoisotopic (exact) mass is 301 g/mol. The van der Waals surface area contributed by atoms with Crippen LogP contribution in [-0.4, -0.2) is 32.8 Å². The molecule has 2 unspecified atom stereocenters. The van der Waals surface area contributed by atoms with Crippen LogP contribution in [0.5, 0.6) is 0 Å². The van der Waals surface area contributed by atoms with Crippen molar-refractivity contribution in [3.8, 4) is 0 Å². The highest BCUT2D eigenvalue weighted by Gasteiger charge is 2.26. The number of fused-ring (bicyclic) bond motifs is 1. The molecule has 2 atom stereocenters. The lowest BCUT2D eigenvalue weighted by molar-refractivity contribution is 0.349. The van der Waals surface area contributed by atoms with E-state index >= 15 is 0 Å². The van der Waals surface area contributed by atoms with Crippen molar-refractivity contribution in [2.24, 2.45) is 11.8 Å². The summed E-state index contributed by atoms with van der Waals surface area (Å²) in [4.78, 5) is 11.3. The van der Waals surface area contributed by atoms with Crippen LogP contribution < -0.4 is 4.90 Å². The second kappa shape index (κ2) is 5.41.